The van der Waals surface area contributed by atoms with Gasteiger partial charge in [-0.2, -0.15) is 0 Å². The Morgan fingerprint density at radius 2 is 1.84 bits per heavy atom. The Labute approximate surface area is 147 Å². The Balaban J connectivity index is 1.34. The van der Waals surface area contributed by atoms with Gasteiger partial charge in [-0.1, -0.05) is 18.2 Å². The lowest BCUT2D eigenvalue weighted by Gasteiger charge is -2.08. The summed E-state index contributed by atoms with van der Waals surface area (Å²) in [6.45, 7) is 1.75. The Morgan fingerprint density at radius 3 is 2.64 bits per heavy atom. The zero-order chi connectivity index (χ0) is 17.5. The summed E-state index contributed by atoms with van der Waals surface area (Å²) in [5.41, 5.74) is 2.19. The first-order valence-electron chi connectivity index (χ1n) is 8.23. The van der Waals surface area contributed by atoms with Crippen LogP contribution in [-0.4, -0.2) is 32.9 Å². The molecule has 2 aromatic rings. The summed E-state index contributed by atoms with van der Waals surface area (Å²) < 4.78 is 15.7. The SMILES string of the molecule is COc1ccc(CCNCC(=O)NCc2ccc3c(c2)OCO3)cc1. The molecule has 0 unspecified atom stereocenters. The minimum atomic E-state index is -0.0348. The van der Waals surface area contributed by atoms with E-state index in [1.807, 2.05) is 42.5 Å². The summed E-state index contributed by atoms with van der Waals surface area (Å²) in [4.78, 5) is 11.9. The van der Waals surface area contributed by atoms with Gasteiger partial charge >= 0.3 is 0 Å². The van der Waals surface area contributed by atoms with Crippen molar-refractivity contribution in [2.24, 2.45) is 0 Å². The largest absolute Gasteiger partial charge is 0.497 e. The Hall–Kier alpha value is -2.73. The molecule has 0 radical (unpaired) electrons. The predicted octanol–water partition coefficient (Wildman–Crippen LogP) is 1.87. The molecule has 25 heavy (non-hydrogen) atoms. The average Bonchev–Trinajstić information content (AvgIpc) is 3.12. The smallest absolute Gasteiger partial charge is 0.234 e. The molecule has 0 saturated heterocycles. The van der Waals surface area contributed by atoms with E-state index in [0.717, 1.165) is 35.8 Å². The van der Waals surface area contributed by atoms with Gasteiger partial charge in [0.2, 0.25) is 12.7 Å². The van der Waals surface area contributed by atoms with E-state index in [-0.39, 0.29) is 12.7 Å². The molecule has 1 aliphatic heterocycles. The van der Waals surface area contributed by atoms with E-state index in [1.54, 1.807) is 7.11 Å². The van der Waals surface area contributed by atoms with Gasteiger partial charge in [0.1, 0.15) is 5.75 Å². The third-order valence-electron chi connectivity index (χ3n) is 3.96. The first kappa shape index (κ1) is 17.1. The lowest BCUT2D eigenvalue weighted by Crippen LogP contribution is -2.34. The minimum Gasteiger partial charge on any atom is -0.497 e. The number of carbonyl (C=O) groups is 1. The van der Waals surface area contributed by atoms with Crippen molar-refractivity contribution in [1.29, 1.82) is 0 Å². The van der Waals surface area contributed by atoms with Gasteiger partial charge in [-0.05, 0) is 48.4 Å². The molecule has 2 N–H and O–H groups in total. The monoisotopic (exact) mass is 342 g/mol. The lowest BCUT2D eigenvalue weighted by molar-refractivity contribution is -0.120. The maximum absolute atomic E-state index is 11.9. The van der Waals surface area contributed by atoms with Crippen molar-refractivity contribution < 1.29 is 19.0 Å². The standard InChI is InChI=1S/C19H22N2O4/c1-23-16-5-2-14(3-6-16)8-9-20-12-19(22)21-11-15-4-7-17-18(10-15)25-13-24-17/h2-7,10,20H,8-9,11-13H2,1H3,(H,21,22). The molecule has 0 aliphatic carbocycles. The van der Waals surface area contributed by atoms with Crippen molar-refractivity contribution in [3.05, 3.63) is 53.6 Å². The molecule has 132 valence electrons. The molecule has 6 nitrogen and oxygen atoms in total. The van der Waals surface area contributed by atoms with E-state index >= 15 is 0 Å². The molecule has 0 bridgehead atoms. The van der Waals surface area contributed by atoms with Crippen LogP contribution in [0.5, 0.6) is 17.2 Å². The van der Waals surface area contributed by atoms with Gasteiger partial charge < -0.3 is 24.8 Å². The van der Waals surface area contributed by atoms with Crippen molar-refractivity contribution >= 4 is 5.91 Å². The number of carbonyl (C=O) groups excluding carboxylic acids is 1. The Bertz CT molecular complexity index is 716. The number of fused-ring (bicyclic) bond motifs is 1. The topological polar surface area (TPSA) is 68.8 Å². The number of ether oxygens (including phenoxy) is 3. The second kappa shape index (κ2) is 8.39. The normalized spacial score (nSPS) is 12.0. The van der Waals surface area contributed by atoms with Gasteiger partial charge in [-0.15, -0.1) is 0 Å². The third kappa shape index (κ3) is 4.87. The van der Waals surface area contributed by atoms with Gasteiger partial charge in [0.25, 0.3) is 0 Å². The van der Waals surface area contributed by atoms with Crippen molar-refractivity contribution in [3.63, 3.8) is 0 Å². The summed E-state index contributed by atoms with van der Waals surface area (Å²) in [6, 6.07) is 13.6. The molecule has 0 atom stereocenters. The molecule has 1 amide bonds. The van der Waals surface area contributed by atoms with Gasteiger partial charge in [0.15, 0.2) is 11.5 Å². The molecule has 0 aromatic heterocycles. The third-order valence-corrected chi connectivity index (χ3v) is 3.96. The summed E-state index contributed by atoms with van der Waals surface area (Å²) in [7, 11) is 1.65. The second-order valence-corrected chi connectivity index (χ2v) is 5.74. The zero-order valence-electron chi connectivity index (χ0n) is 14.2. The van der Waals surface area contributed by atoms with Gasteiger partial charge in [-0.3, -0.25) is 4.79 Å². The van der Waals surface area contributed by atoms with Gasteiger partial charge in [0.05, 0.1) is 13.7 Å². The fourth-order valence-electron chi connectivity index (χ4n) is 2.54. The van der Waals surface area contributed by atoms with Crippen molar-refractivity contribution in [2.75, 3.05) is 27.0 Å². The fourth-order valence-corrected chi connectivity index (χ4v) is 2.54. The van der Waals surface area contributed by atoms with Crippen LogP contribution in [0.3, 0.4) is 0 Å². The van der Waals surface area contributed by atoms with E-state index in [0.29, 0.717) is 13.1 Å². The highest BCUT2D eigenvalue weighted by Crippen LogP contribution is 2.32. The van der Waals surface area contributed by atoms with Crippen LogP contribution < -0.4 is 24.8 Å². The molecular weight excluding hydrogens is 320 g/mol. The number of benzene rings is 2. The Morgan fingerprint density at radius 1 is 1.08 bits per heavy atom. The van der Waals surface area contributed by atoms with E-state index in [9.17, 15) is 4.79 Å². The van der Waals surface area contributed by atoms with Crippen LogP contribution in [0.1, 0.15) is 11.1 Å². The quantitative estimate of drug-likeness (QED) is 0.717. The van der Waals surface area contributed by atoms with Crippen LogP contribution in [0.25, 0.3) is 0 Å². The summed E-state index contributed by atoms with van der Waals surface area (Å²) in [6.07, 6.45) is 0.861. The lowest BCUT2D eigenvalue weighted by atomic mass is 10.1. The summed E-state index contributed by atoms with van der Waals surface area (Å²) in [5, 5.41) is 6.04. The van der Waals surface area contributed by atoms with Crippen LogP contribution in [0.4, 0.5) is 0 Å². The maximum Gasteiger partial charge on any atom is 0.234 e. The summed E-state index contributed by atoms with van der Waals surface area (Å²) in [5.74, 6) is 2.28. The molecule has 2 aromatic carbocycles. The molecule has 0 fully saturated rings. The van der Waals surface area contributed by atoms with Crippen LogP contribution >= 0.6 is 0 Å². The molecule has 0 saturated carbocycles. The van der Waals surface area contributed by atoms with Crippen LogP contribution in [-0.2, 0) is 17.8 Å². The summed E-state index contributed by atoms with van der Waals surface area (Å²) >= 11 is 0. The number of nitrogens with one attached hydrogen (secondary N) is 2. The average molecular weight is 342 g/mol. The Kier molecular flexibility index (Phi) is 5.74. The van der Waals surface area contributed by atoms with Gasteiger partial charge in [0, 0.05) is 6.54 Å². The maximum atomic E-state index is 11.9. The zero-order valence-corrected chi connectivity index (χ0v) is 14.2. The molecular formula is C19H22N2O4. The minimum absolute atomic E-state index is 0.0348. The highest BCUT2D eigenvalue weighted by Gasteiger charge is 2.13. The number of rotatable bonds is 8. The van der Waals surface area contributed by atoms with Crippen molar-refractivity contribution in [2.45, 2.75) is 13.0 Å². The fraction of sp³-hybridized carbons (Fsp3) is 0.316. The van der Waals surface area contributed by atoms with Crippen molar-refractivity contribution in [1.82, 2.24) is 10.6 Å². The molecule has 0 spiro atoms. The highest BCUT2D eigenvalue weighted by atomic mass is 16.7. The first-order chi connectivity index (χ1) is 12.2. The molecule has 3 rings (SSSR count). The number of hydrogen-bond donors (Lipinski definition) is 2. The number of hydrogen-bond acceptors (Lipinski definition) is 5. The molecule has 1 aliphatic rings. The van der Waals surface area contributed by atoms with Crippen LogP contribution in [0.2, 0.25) is 0 Å². The van der Waals surface area contributed by atoms with Crippen LogP contribution in [0.15, 0.2) is 42.5 Å². The van der Waals surface area contributed by atoms with E-state index in [4.69, 9.17) is 14.2 Å². The highest BCUT2D eigenvalue weighted by molar-refractivity contribution is 5.78. The van der Waals surface area contributed by atoms with E-state index in [1.165, 1.54) is 5.56 Å². The van der Waals surface area contributed by atoms with Crippen molar-refractivity contribution in [3.8, 4) is 17.2 Å². The van der Waals surface area contributed by atoms with E-state index in [2.05, 4.69) is 10.6 Å². The molecule has 6 heteroatoms. The number of methoxy groups -OCH3 is 1. The van der Waals surface area contributed by atoms with Gasteiger partial charge in [-0.25, -0.2) is 0 Å². The predicted molar refractivity (Wildman–Crippen MR) is 94.0 cm³/mol. The second-order valence-electron chi connectivity index (χ2n) is 5.74. The number of amides is 1. The van der Waals surface area contributed by atoms with E-state index < -0.39 is 0 Å². The molecule has 1 heterocycles. The first-order valence-corrected chi connectivity index (χ1v) is 8.23. The van der Waals surface area contributed by atoms with Crippen LogP contribution in [0, 0.1) is 0 Å².